The maximum atomic E-state index is 16.4. The Labute approximate surface area is 373 Å². The molecular formula is C48H57Cl2FN6O5. The summed E-state index contributed by atoms with van der Waals surface area (Å²) in [5.74, 6) is -2.47. The molecule has 3 aromatic carbocycles. The number of hydrogen-bond acceptors (Lipinski definition) is 7. The first kappa shape index (κ1) is 44.3. The quantitative estimate of drug-likeness (QED) is 0.177. The van der Waals surface area contributed by atoms with Gasteiger partial charge in [0.2, 0.25) is 23.6 Å². The van der Waals surface area contributed by atoms with Gasteiger partial charge in [-0.3, -0.25) is 24.5 Å². The van der Waals surface area contributed by atoms with E-state index >= 15 is 4.39 Å². The summed E-state index contributed by atoms with van der Waals surface area (Å²) in [7, 11) is 0. The molecule has 5 aliphatic rings. The van der Waals surface area contributed by atoms with Gasteiger partial charge in [-0.25, -0.2) is 9.40 Å². The summed E-state index contributed by atoms with van der Waals surface area (Å²) >= 11 is 12.8. The van der Waals surface area contributed by atoms with E-state index in [4.69, 9.17) is 27.9 Å². The summed E-state index contributed by atoms with van der Waals surface area (Å²) in [5, 5.41) is 16.4. The maximum absolute atomic E-state index is 16.4. The zero-order valence-electron chi connectivity index (χ0n) is 35.9. The molecule has 2 saturated heterocycles. The number of likely N-dealkylation sites (tertiary alicyclic amines) is 1. The predicted octanol–water partition coefficient (Wildman–Crippen LogP) is 8.45. The Morgan fingerprint density at radius 3 is 2.42 bits per heavy atom. The zero-order chi connectivity index (χ0) is 44.0. The van der Waals surface area contributed by atoms with Crippen LogP contribution in [0, 0.1) is 11.7 Å². The molecule has 330 valence electrons. The number of anilines is 1. The van der Waals surface area contributed by atoms with Crippen LogP contribution in [0.4, 0.5) is 10.1 Å². The Hall–Kier alpha value is -4.36. The zero-order valence-corrected chi connectivity index (χ0v) is 37.5. The van der Waals surface area contributed by atoms with Crippen LogP contribution in [0.1, 0.15) is 121 Å². The van der Waals surface area contributed by atoms with E-state index in [1.54, 1.807) is 35.5 Å². The van der Waals surface area contributed by atoms with Crippen LogP contribution >= 0.6 is 23.2 Å². The van der Waals surface area contributed by atoms with Crippen LogP contribution in [0.15, 0.2) is 71.8 Å². The van der Waals surface area contributed by atoms with Crippen molar-refractivity contribution < 1.29 is 28.3 Å². The van der Waals surface area contributed by atoms with E-state index in [1.165, 1.54) is 6.07 Å². The number of carbonyl (C=O) groups excluding carboxylic acids is 4. The first-order valence-electron chi connectivity index (χ1n) is 22.0. The smallest absolute Gasteiger partial charge is 0.246 e. The predicted molar refractivity (Wildman–Crippen MR) is 239 cm³/mol. The third kappa shape index (κ3) is 8.16. The molecule has 4 amide bonds. The highest BCUT2D eigenvalue weighted by atomic mass is 35.5. The van der Waals surface area contributed by atoms with E-state index in [0.717, 1.165) is 24.8 Å². The van der Waals surface area contributed by atoms with Gasteiger partial charge in [-0.15, -0.1) is 0 Å². The number of fused-ring (bicyclic) bond motifs is 3. The Morgan fingerprint density at radius 2 is 1.69 bits per heavy atom. The van der Waals surface area contributed by atoms with Crippen molar-refractivity contribution in [2.24, 2.45) is 11.0 Å². The molecule has 0 bridgehead atoms. The van der Waals surface area contributed by atoms with E-state index < -0.39 is 39.9 Å². The molecule has 3 fully saturated rings. The summed E-state index contributed by atoms with van der Waals surface area (Å²) < 4.78 is 22.8. The topological polar surface area (TPSA) is 132 Å². The Morgan fingerprint density at radius 1 is 0.968 bits per heavy atom. The number of amides is 4. The number of hydrogen-bond donors (Lipinski definition) is 3. The Bertz CT molecular complexity index is 2240. The van der Waals surface area contributed by atoms with Gasteiger partial charge in [0.25, 0.3) is 0 Å². The number of nitrogens with zero attached hydrogens (tertiary/aromatic N) is 3. The van der Waals surface area contributed by atoms with E-state index in [9.17, 15) is 19.2 Å². The molecule has 4 atom stereocenters. The number of piperidine rings is 1. The van der Waals surface area contributed by atoms with Crippen molar-refractivity contribution >= 4 is 58.7 Å². The fourth-order valence-electron chi connectivity index (χ4n) is 10.8. The van der Waals surface area contributed by atoms with Crippen LogP contribution in [0.5, 0.6) is 0 Å². The fraction of sp³-hybridized carbons (Fsp3) is 0.521. The van der Waals surface area contributed by atoms with Crippen molar-refractivity contribution in [3.63, 3.8) is 0 Å². The lowest BCUT2D eigenvalue weighted by molar-refractivity contribution is -0.142. The fourth-order valence-corrected chi connectivity index (χ4v) is 11.2. The van der Waals surface area contributed by atoms with Crippen LogP contribution in [0.3, 0.4) is 0 Å². The lowest BCUT2D eigenvalue weighted by atomic mass is 9.55. The van der Waals surface area contributed by atoms with Crippen LogP contribution in [-0.4, -0.2) is 82.2 Å². The van der Waals surface area contributed by atoms with Crippen molar-refractivity contribution in [3.8, 4) is 0 Å². The highest BCUT2D eigenvalue weighted by Gasteiger charge is 2.72. The molecule has 3 aromatic rings. The molecule has 1 aliphatic carbocycles. The van der Waals surface area contributed by atoms with Gasteiger partial charge in [-0.1, -0.05) is 91.0 Å². The molecule has 62 heavy (non-hydrogen) atoms. The Balaban J connectivity index is 0.916. The second-order valence-corrected chi connectivity index (χ2v) is 19.9. The highest BCUT2D eigenvalue weighted by molar-refractivity contribution is 6.31. The molecule has 0 aromatic heterocycles. The van der Waals surface area contributed by atoms with E-state index in [-0.39, 0.29) is 59.2 Å². The second-order valence-electron chi connectivity index (χ2n) is 19.1. The van der Waals surface area contributed by atoms with Gasteiger partial charge in [-0.05, 0) is 94.7 Å². The summed E-state index contributed by atoms with van der Waals surface area (Å²) in [4.78, 5) is 58.3. The molecule has 0 radical (unpaired) electrons. The molecule has 11 nitrogen and oxygen atoms in total. The monoisotopic (exact) mass is 886 g/mol. The first-order valence-corrected chi connectivity index (χ1v) is 22.8. The minimum Gasteiger partial charge on any atom is -0.373 e. The molecule has 3 N–H and O–H groups in total. The third-order valence-corrected chi connectivity index (χ3v) is 14.5. The van der Waals surface area contributed by atoms with E-state index in [2.05, 4.69) is 21.1 Å². The Kier molecular flexibility index (Phi) is 12.4. The number of carbonyl (C=O) groups is 4. The van der Waals surface area contributed by atoms with Crippen molar-refractivity contribution in [1.29, 1.82) is 0 Å². The second kappa shape index (κ2) is 17.3. The average molecular weight is 888 g/mol. The van der Waals surface area contributed by atoms with Crippen LogP contribution < -0.4 is 16.0 Å². The van der Waals surface area contributed by atoms with Crippen molar-refractivity contribution in [3.05, 3.63) is 99.3 Å². The first-order chi connectivity index (χ1) is 29.6. The van der Waals surface area contributed by atoms with Crippen LogP contribution in [0.25, 0.3) is 0 Å². The standard InChI is InChI=1S/C48H57Cl2FN6O5/c1-45(2,29-62-46(3,4)24-18-38(58)56-26-20-31(21-27-56)43(60)57-37(19-25-52-57)30-12-7-5-8-13-30)55-42(59)41-39(33-14-11-15-35(50)40(33)51)48(47(54-41)22-9-6-10-23-47)34-17-16-32(49)28-36(34)53-44(48)61/h5,7-8,11-17,25,28,31,37,39,41,54H,6,9-10,18-24,26-27,29H2,1-4H3,(H,53,61)(H,55,59)/t37?,39?,41-,48-/m1/s1. The van der Waals surface area contributed by atoms with Gasteiger partial charge < -0.3 is 20.3 Å². The van der Waals surface area contributed by atoms with Gasteiger partial charge in [0, 0.05) is 60.2 Å². The molecule has 14 heteroatoms. The van der Waals surface area contributed by atoms with Crippen LogP contribution in [-0.2, 0) is 29.3 Å². The summed E-state index contributed by atoms with van der Waals surface area (Å²) in [5.41, 5.74) is -1.31. The van der Waals surface area contributed by atoms with E-state index in [1.807, 2.05) is 69.0 Å². The number of rotatable bonds is 11. The van der Waals surface area contributed by atoms with Crippen molar-refractivity contribution in [2.75, 3.05) is 25.0 Å². The normalized spacial score (nSPS) is 24.8. The third-order valence-electron chi connectivity index (χ3n) is 14.0. The van der Waals surface area contributed by atoms with E-state index in [0.29, 0.717) is 67.9 Å². The number of benzene rings is 3. The molecule has 2 spiro atoms. The minimum absolute atomic E-state index is 0.00697. The average Bonchev–Trinajstić information content (AvgIpc) is 3.94. The van der Waals surface area contributed by atoms with Gasteiger partial charge in [0.05, 0.1) is 34.9 Å². The lowest BCUT2D eigenvalue weighted by Gasteiger charge is -2.47. The summed E-state index contributed by atoms with van der Waals surface area (Å²) in [6.07, 6.45) is 8.25. The molecule has 2 unspecified atom stereocenters. The summed E-state index contributed by atoms with van der Waals surface area (Å²) in [6.45, 7) is 8.71. The molecule has 4 aliphatic heterocycles. The minimum atomic E-state index is -1.34. The van der Waals surface area contributed by atoms with Crippen molar-refractivity contribution in [1.82, 2.24) is 20.5 Å². The van der Waals surface area contributed by atoms with Crippen LogP contribution in [0.2, 0.25) is 10.0 Å². The molecule has 8 rings (SSSR count). The lowest BCUT2D eigenvalue weighted by Crippen LogP contribution is -2.60. The number of ether oxygens (including phenoxy) is 1. The summed E-state index contributed by atoms with van der Waals surface area (Å²) in [6, 6.07) is 18.9. The molecular weight excluding hydrogens is 830 g/mol. The molecule has 4 heterocycles. The largest absolute Gasteiger partial charge is 0.373 e. The highest BCUT2D eigenvalue weighted by Crippen LogP contribution is 2.63. The van der Waals surface area contributed by atoms with Gasteiger partial charge in [0.1, 0.15) is 11.2 Å². The van der Waals surface area contributed by atoms with Gasteiger partial charge >= 0.3 is 0 Å². The van der Waals surface area contributed by atoms with Gasteiger partial charge in [-0.2, -0.15) is 5.10 Å². The molecule has 1 saturated carbocycles. The number of nitrogens with one attached hydrogen (secondary N) is 3. The van der Waals surface area contributed by atoms with Crippen molar-refractivity contribution in [2.45, 2.75) is 132 Å². The SMILES string of the molecule is CC(C)(COC(C)(C)CCC(=O)N1CCC(C(=O)N2N=CCC2c2ccccc2)CC1)NC(=O)[C@@H]1NC2(CCCCC2)[C@@]2(C(=O)Nc3cc(Cl)ccc32)C1c1cccc(Cl)c1F. The maximum Gasteiger partial charge on any atom is 0.246 e. The van der Waals surface area contributed by atoms with Gasteiger partial charge in [0.15, 0.2) is 0 Å². The number of hydrazone groups is 1. The number of halogens is 3.